The van der Waals surface area contributed by atoms with Crippen LogP contribution >= 0.6 is 0 Å². The van der Waals surface area contributed by atoms with Gasteiger partial charge in [0.25, 0.3) is 11.8 Å². The summed E-state index contributed by atoms with van der Waals surface area (Å²) in [5.41, 5.74) is 4.37. The van der Waals surface area contributed by atoms with Gasteiger partial charge in [-0.2, -0.15) is 0 Å². The Bertz CT molecular complexity index is 778. The molecule has 3 N–H and O–H groups in total. The number of amides is 4. The lowest BCUT2D eigenvalue weighted by atomic mass is 10.1. The molecule has 1 aliphatic heterocycles. The Morgan fingerprint density at radius 2 is 1.63 bits per heavy atom. The van der Waals surface area contributed by atoms with E-state index in [0.717, 1.165) is 0 Å². The van der Waals surface area contributed by atoms with Crippen molar-refractivity contribution in [3.05, 3.63) is 35.4 Å². The molecule has 0 spiro atoms. The molecule has 1 aliphatic rings. The third-order valence-electron chi connectivity index (χ3n) is 3.32. The second-order valence-corrected chi connectivity index (χ2v) is 6.73. The van der Waals surface area contributed by atoms with Crippen molar-refractivity contribution in [2.75, 3.05) is 0 Å². The van der Waals surface area contributed by atoms with Crippen LogP contribution in [0.25, 0.3) is 0 Å². The molecule has 1 aromatic rings. The van der Waals surface area contributed by atoms with Crippen molar-refractivity contribution in [3.8, 4) is 0 Å². The van der Waals surface area contributed by atoms with E-state index in [9.17, 15) is 24.0 Å². The van der Waals surface area contributed by atoms with Crippen LogP contribution < -0.4 is 11.1 Å². The van der Waals surface area contributed by atoms with Gasteiger partial charge in [-0.25, -0.2) is 9.59 Å². The van der Waals surface area contributed by atoms with Crippen LogP contribution in [0.2, 0.25) is 0 Å². The van der Waals surface area contributed by atoms with E-state index in [1.807, 2.05) is 0 Å². The number of nitrogens with two attached hydrogens (primary N) is 1. The monoisotopic (exact) mass is 377 g/mol. The Hall–Kier alpha value is -3.43. The van der Waals surface area contributed by atoms with E-state index in [-0.39, 0.29) is 16.2 Å². The first-order valence-electron chi connectivity index (χ1n) is 7.97. The predicted molar refractivity (Wildman–Crippen MR) is 90.0 cm³/mol. The number of benzene rings is 1. The largest absolute Gasteiger partial charge is 0.444 e. The summed E-state index contributed by atoms with van der Waals surface area (Å²) in [4.78, 5) is 64.7. The maximum atomic E-state index is 12.3. The van der Waals surface area contributed by atoms with Crippen molar-refractivity contribution < 1.29 is 33.5 Å². The summed E-state index contributed by atoms with van der Waals surface area (Å²) in [5.74, 6) is -3.79. The molecule has 0 radical (unpaired) electrons. The lowest BCUT2D eigenvalue weighted by Gasteiger charge is -2.23. The first kappa shape index (κ1) is 19.9. The topological polar surface area (TPSA) is 145 Å². The number of hydrogen-bond donors (Lipinski definition) is 2. The molecule has 10 nitrogen and oxygen atoms in total. The molecule has 1 atom stereocenters. The van der Waals surface area contributed by atoms with Crippen LogP contribution in [0, 0.1) is 0 Å². The number of imide groups is 1. The summed E-state index contributed by atoms with van der Waals surface area (Å²) >= 11 is 0. The average molecular weight is 377 g/mol. The van der Waals surface area contributed by atoms with Crippen molar-refractivity contribution in [2.24, 2.45) is 5.73 Å². The number of carbonyl (C=O) groups is 5. The number of hydroxylamine groups is 2. The number of primary amides is 1. The second-order valence-electron chi connectivity index (χ2n) is 6.73. The van der Waals surface area contributed by atoms with Gasteiger partial charge in [0.1, 0.15) is 11.6 Å². The zero-order valence-corrected chi connectivity index (χ0v) is 15.0. The summed E-state index contributed by atoms with van der Waals surface area (Å²) < 4.78 is 5.01. The summed E-state index contributed by atoms with van der Waals surface area (Å²) in [7, 11) is 0. The normalized spacial score (nSPS) is 14.4. The zero-order valence-electron chi connectivity index (χ0n) is 15.0. The Labute approximate surface area is 154 Å². The van der Waals surface area contributed by atoms with Gasteiger partial charge < -0.3 is 20.6 Å². The van der Waals surface area contributed by atoms with Gasteiger partial charge in [-0.1, -0.05) is 17.2 Å². The highest BCUT2D eigenvalue weighted by Gasteiger charge is 2.40. The standard InChI is InChI=1S/C17H19N3O7/c1-17(2,3)26-16(25)19-11(8-12(18)21)15(24)27-20-13(22)9-6-4-5-7-10(9)14(20)23/h4-7,11H,8H2,1-3H3,(H2,18,21)(H,19,25)/t11-/m0/s1. The van der Waals surface area contributed by atoms with E-state index in [4.69, 9.17) is 15.3 Å². The Morgan fingerprint density at radius 3 is 2.07 bits per heavy atom. The van der Waals surface area contributed by atoms with Crippen LogP contribution in [-0.4, -0.2) is 46.5 Å². The van der Waals surface area contributed by atoms with Crippen molar-refractivity contribution >= 4 is 29.8 Å². The molecule has 0 unspecified atom stereocenters. The highest BCUT2D eigenvalue weighted by Crippen LogP contribution is 2.23. The van der Waals surface area contributed by atoms with E-state index in [1.165, 1.54) is 12.1 Å². The van der Waals surface area contributed by atoms with Gasteiger partial charge in [-0.05, 0) is 32.9 Å². The van der Waals surface area contributed by atoms with Crippen molar-refractivity contribution in [1.29, 1.82) is 0 Å². The van der Waals surface area contributed by atoms with Gasteiger partial charge in [0.2, 0.25) is 5.91 Å². The van der Waals surface area contributed by atoms with E-state index < -0.39 is 47.8 Å². The Kier molecular flexibility index (Phi) is 5.48. The number of nitrogens with one attached hydrogen (secondary N) is 1. The maximum absolute atomic E-state index is 12.3. The Balaban J connectivity index is 2.12. The molecule has 2 rings (SSSR count). The number of nitrogens with zero attached hydrogens (tertiary/aromatic N) is 1. The fourth-order valence-corrected chi connectivity index (χ4v) is 2.25. The fourth-order valence-electron chi connectivity index (χ4n) is 2.25. The number of fused-ring (bicyclic) bond motifs is 1. The molecule has 1 heterocycles. The van der Waals surface area contributed by atoms with E-state index >= 15 is 0 Å². The predicted octanol–water partition coefficient (Wildman–Crippen LogP) is 0.510. The van der Waals surface area contributed by atoms with E-state index in [2.05, 4.69) is 5.32 Å². The Morgan fingerprint density at radius 1 is 1.11 bits per heavy atom. The number of rotatable bonds is 5. The third kappa shape index (κ3) is 4.81. The molecule has 4 amide bonds. The molecule has 144 valence electrons. The summed E-state index contributed by atoms with van der Waals surface area (Å²) in [6.07, 6.45) is -1.60. The van der Waals surface area contributed by atoms with Gasteiger partial charge in [-0.3, -0.25) is 14.4 Å². The first-order valence-corrected chi connectivity index (χ1v) is 7.97. The maximum Gasteiger partial charge on any atom is 0.408 e. The third-order valence-corrected chi connectivity index (χ3v) is 3.32. The van der Waals surface area contributed by atoms with Gasteiger partial charge in [0.15, 0.2) is 0 Å². The van der Waals surface area contributed by atoms with Crippen molar-refractivity contribution in [3.63, 3.8) is 0 Å². The summed E-state index contributed by atoms with van der Waals surface area (Å²) in [6.45, 7) is 4.81. The molecule has 0 saturated heterocycles. The number of ether oxygens (including phenoxy) is 1. The van der Waals surface area contributed by atoms with Crippen LogP contribution in [0.15, 0.2) is 24.3 Å². The SMILES string of the molecule is CC(C)(C)OC(=O)N[C@@H](CC(N)=O)C(=O)ON1C(=O)c2ccccc2C1=O. The molecule has 0 fully saturated rings. The molecular weight excluding hydrogens is 358 g/mol. The molecule has 0 aromatic heterocycles. The molecule has 0 bridgehead atoms. The van der Waals surface area contributed by atoms with Gasteiger partial charge in [-0.15, -0.1) is 0 Å². The number of alkyl carbamates (subject to hydrolysis) is 1. The van der Waals surface area contributed by atoms with Gasteiger partial charge in [0.05, 0.1) is 17.5 Å². The first-order chi connectivity index (χ1) is 12.5. The van der Waals surface area contributed by atoms with Crippen LogP contribution in [0.5, 0.6) is 0 Å². The summed E-state index contributed by atoms with van der Waals surface area (Å²) in [5, 5.41) is 2.42. The quantitative estimate of drug-likeness (QED) is 0.711. The molecule has 1 aromatic carbocycles. The number of carbonyl (C=O) groups excluding carboxylic acids is 5. The highest BCUT2D eigenvalue weighted by atomic mass is 16.7. The second kappa shape index (κ2) is 7.44. The summed E-state index contributed by atoms with van der Waals surface area (Å²) in [6, 6.07) is 4.37. The molecular formula is C17H19N3O7. The number of hydrogen-bond acceptors (Lipinski definition) is 7. The van der Waals surface area contributed by atoms with E-state index in [0.29, 0.717) is 0 Å². The minimum absolute atomic E-state index is 0.0712. The lowest BCUT2D eigenvalue weighted by Crippen LogP contribution is -2.48. The minimum Gasteiger partial charge on any atom is -0.444 e. The van der Waals surface area contributed by atoms with Crippen LogP contribution in [-0.2, 0) is 19.2 Å². The fraction of sp³-hybridized carbons (Fsp3) is 0.353. The smallest absolute Gasteiger partial charge is 0.408 e. The van der Waals surface area contributed by atoms with Crippen LogP contribution in [0.1, 0.15) is 47.9 Å². The molecule has 27 heavy (non-hydrogen) atoms. The molecule has 0 aliphatic carbocycles. The molecule has 10 heteroatoms. The van der Waals surface area contributed by atoms with Gasteiger partial charge >= 0.3 is 12.1 Å². The molecule has 0 saturated carbocycles. The highest BCUT2D eigenvalue weighted by molar-refractivity contribution is 6.21. The zero-order chi connectivity index (χ0) is 20.4. The van der Waals surface area contributed by atoms with Crippen LogP contribution in [0.4, 0.5) is 4.79 Å². The van der Waals surface area contributed by atoms with Crippen molar-refractivity contribution in [1.82, 2.24) is 10.4 Å². The van der Waals surface area contributed by atoms with Gasteiger partial charge in [0, 0.05) is 0 Å². The van der Waals surface area contributed by atoms with Crippen LogP contribution in [0.3, 0.4) is 0 Å². The van der Waals surface area contributed by atoms with Crippen molar-refractivity contribution in [2.45, 2.75) is 38.8 Å². The lowest BCUT2D eigenvalue weighted by molar-refractivity contribution is -0.171. The van der Waals surface area contributed by atoms with E-state index in [1.54, 1.807) is 32.9 Å². The minimum atomic E-state index is -1.54. The average Bonchev–Trinajstić information content (AvgIpc) is 2.77.